The number of sulfonamides is 1. The van der Waals surface area contributed by atoms with Gasteiger partial charge in [-0.05, 0) is 69.4 Å². The average Bonchev–Trinajstić information content (AvgIpc) is 3.62. The zero-order valence-electron chi connectivity index (χ0n) is 19.0. The normalized spacial score (nSPS) is 20.1. The molecule has 2 aliphatic rings. The van der Waals surface area contributed by atoms with Gasteiger partial charge in [0.15, 0.2) is 0 Å². The van der Waals surface area contributed by atoms with Crippen LogP contribution in [-0.2, 0) is 29.8 Å². The molecule has 0 spiro atoms. The van der Waals surface area contributed by atoms with Crippen molar-refractivity contribution in [2.75, 3.05) is 25.0 Å². The van der Waals surface area contributed by atoms with Gasteiger partial charge in [0.05, 0.1) is 22.8 Å². The number of benzene rings is 2. The van der Waals surface area contributed by atoms with Gasteiger partial charge in [-0.15, -0.1) is 0 Å². The van der Waals surface area contributed by atoms with Gasteiger partial charge in [-0.1, -0.05) is 29.8 Å². The Labute approximate surface area is 195 Å². The second-order valence-electron chi connectivity index (χ2n) is 8.88. The largest absolute Gasteiger partial charge is 0.465 e. The maximum Gasteiger partial charge on any atom is 0.316 e. The number of rotatable bonds is 7. The number of carbonyl (C=O) groups is 2. The number of hydrogen-bond acceptors (Lipinski definition) is 5. The average molecular weight is 471 g/mol. The fraction of sp³-hybridized carbons (Fsp3) is 0.440. The van der Waals surface area contributed by atoms with Crippen LogP contribution in [0, 0.1) is 12.8 Å². The number of aryl methyl sites for hydroxylation is 1. The summed E-state index contributed by atoms with van der Waals surface area (Å²) in [4.78, 5) is 25.4. The number of nitrogens with zero attached hydrogens (tertiary/aromatic N) is 1. The minimum atomic E-state index is -3.64. The van der Waals surface area contributed by atoms with Crippen molar-refractivity contribution >= 4 is 27.6 Å². The zero-order valence-corrected chi connectivity index (χ0v) is 19.9. The van der Waals surface area contributed by atoms with E-state index in [4.69, 9.17) is 4.74 Å². The van der Waals surface area contributed by atoms with Crippen molar-refractivity contribution < 1.29 is 22.7 Å². The molecule has 0 radical (unpaired) electrons. The summed E-state index contributed by atoms with van der Waals surface area (Å²) in [6.07, 6.45) is 2.80. The van der Waals surface area contributed by atoms with Crippen LogP contribution < -0.4 is 5.32 Å². The maximum absolute atomic E-state index is 13.0. The third-order valence-electron chi connectivity index (χ3n) is 6.53. The van der Waals surface area contributed by atoms with E-state index in [-0.39, 0.29) is 23.3 Å². The van der Waals surface area contributed by atoms with E-state index in [9.17, 15) is 18.0 Å². The van der Waals surface area contributed by atoms with Crippen molar-refractivity contribution in [3.8, 4) is 0 Å². The molecule has 1 atom stereocenters. The maximum atomic E-state index is 13.0. The minimum absolute atomic E-state index is 0.159. The van der Waals surface area contributed by atoms with Crippen LogP contribution in [0.5, 0.6) is 0 Å². The lowest BCUT2D eigenvalue weighted by atomic mass is 9.95. The number of hydrogen-bond donors (Lipinski definition) is 1. The van der Waals surface area contributed by atoms with Gasteiger partial charge in [0.1, 0.15) is 0 Å². The molecule has 0 aromatic heterocycles. The van der Waals surface area contributed by atoms with Gasteiger partial charge in [0.25, 0.3) is 0 Å². The summed E-state index contributed by atoms with van der Waals surface area (Å²) in [7, 11) is -3.64. The summed E-state index contributed by atoms with van der Waals surface area (Å²) in [5.41, 5.74) is 1.96. The minimum Gasteiger partial charge on any atom is -0.465 e. The van der Waals surface area contributed by atoms with E-state index in [1.807, 2.05) is 19.1 Å². The first-order valence-electron chi connectivity index (χ1n) is 11.4. The molecule has 1 saturated carbocycles. The number of anilines is 1. The van der Waals surface area contributed by atoms with E-state index in [1.165, 1.54) is 4.31 Å². The topological polar surface area (TPSA) is 92.8 Å². The van der Waals surface area contributed by atoms with E-state index < -0.39 is 21.4 Å². The molecule has 0 bridgehead atoms. The van der Waals surface area contributed by atoms with Gasteiger partial charge in [0, 0.05) is 18.8 Å². The van der Waals surface area contributed by atoms with Gasteiger partial charge in [-0.2, -0.15) is 4.31 Å². The molecule has 2 fully saturated rings. The molecular formula is C25H30N2O5S. The van der Waals surface area contributed by atoms with Gasteiger partial charge >= 0.3 is 5.97 Å². The van der Waals surface area contributed by atoms with Crippen molar-refractivity contribution in [3.05, 3.63) is 59.7 Å². The van der Waals surface area contributed by atoms with Gasteiger partial charge in [-0.25, -0.2) is 8.42 Å². The molecule has 1 unspecified atom stereocenters. The Morgan fingerprint density at radius 2 is 1.76 bits per heavy atom. The molecule has 8 heteroatoms. The molecule has 1 aliphatic carbocycles. The summed E-state index contributed by atoms with van der Waals surface area (Å²) in [6, 6.07) is 14.1. The van der Waals surface area contributed by atoms with Gasteiger partial charge in [0.2, 0.25) is 15.9 Å². The van der Waals surface area contributed by atoms with E-state index in [1.54, 1.807) is 43.3 Å². The number of nitrogens with one attached hydrogen (secondary N) is 1. The molecule has 33 heavy (non-hydrogen) atoms. The molecular weight excluding hydrogens is 440 g/mol. The van der Waals surface area contributed by atoms with Crippen LogP contribution in [0.3, 0.4) is 0 Å². The monoisotopic (exact) mass is 470 g/mol. The van der Waals surface area contributed by atoms with E-state index in [0.29, 0.717) is 31.7 Å². The highest BCUT2D eigenvalue weighted by molar-refractivity contribution is 7.89. The fourth-order valence-corrected chi connectivity index (χ4v) is 5.88. The van der Waals surface area contributed by atoms with E-state index in [2.05, 4.69) is 5.32 Å². The predicted octanol–water partition coefficient (Wildman–Crippen LogP) is 3.63. The first-order chi connectivity index (χ1) is 15.8. The van der Waals surface area contributed by atoms with Crippen LogP contribution in [0.15, 0.2) is 53.4 Å². The van der Waals surface area contributed by atoms with Crippen molar-refractivity contribution in [1.82, 2.24) is 4.31 Å². The standard InChI is InChI=1S/C25H30N2O5S/c1-3-32-24(29)25(14-15-25)20-8-10-21(11-9-20)26-23(28)19-5-4-16-27(17-19)33(30,31)22-12-6-18(2)7-13-22/h6-13,19H,3-5,14-17H2,1-2H3,(H,26,28). The molecule has 4 rings (SSSR count). The molecule has 176 valence electrons. The van der Waals surface area contributed by atoms with E-state index >= 15 is 0 Å². The van der Waals surface area contributed by atoms with Crippen LogP contribution in [0.1, 0.15) is 43.7 Å². The molecule has 1 N–H and O–H groups in total. The van der Waals surface area contributed by atoms with E-state index in [0.717, 1.165) is 24.0 Å². The van der Waals surface area contributed by atoms with Gasteiger partial charge in [-0.3, -0.25) is 9.59 Å². The van der Waals surface area contributed by atoms with Crippen LogP contribution in [0.4, 0.5) is 5.69 Å². The zero-order chi connectivity index (χ0) is 23.6. The molecule has 1 aliphatic heterocycles. The Kier molecular flexibility index (Phi) is 6.59. The third-order valence-corrected chi connectivity index (χ3v) is 8.41. The second-order valence-corrected chi connectivity index (χ2v) is 10.8. The molecule has 7 nitrogen and oxygen atoms in total. The Bertz CT molecular complexity index is 1120. The number of esters is 1. The first kappa shape index (κ1) is 23.4. The SMILES string of the molecule is CCOC(=O)C1(c2ccc(NC(=O)C3CCCN(S(=O)(=O)c4ccc(C)cc4)C3)cc2)CC1. The molecule has 1 saturated heterocycles. The number of ether oxygens (including phenoxy) is 1. The van der Waals surface area contributed by atoms with Crippen molar-refractivity contribution in [2.45, 2.75) is 49.8 Å². The van der Waals surface area contributed by atoms with Crippen molar-refractivity contribution in [2.24, 2.45) is 5.92 Å². The summed E-state index contributed by atoms with van der Waals surface area (Å²) in [5.74, 6) is -0.815. The van der Waals surface area contributed by atoms with Crippen LogP contribution in [0.2, 0.25) is 0 Å². The quantitative estimate of drug-likeness (QED) is 0.624. The Hall–Kier alpha value is -2.71. The molecule has 2 aromatic rings. The molecule has 1 heterocycles. The Morgan fingerprint density at radius 3 is 2.36 bits per heavy atom. The fourth-order valence-electron chi connectivity index (χ4n) is 4.36. The third kappa shape index (κ3) is 4.82. The van der Waals surface area contributed by atoms with Crippen LogP contribution in [-0.4, -0.2) is 44.3 Å². The summed E-state index contributed by atoms with van der Waals surface area (Å²) < 4.78 is 32.7. The highest BCUT2D eigenvalue weighted by atomic mass is 32.2. The van der Waals surface area contributed by atoms with Gasteiger partial charge < -0.3 is 10.1 Å². The second kappa shape index (κ2) is 9.27. The molecule has 1 amide bonds. The predicted molar refractivity (Wildman–Crippen MR) is 125 cm³/mol. The molecule has 2 aromatic carbocycles. The van der Waals surface area contributed by atoms with Crippen molar-refractivity contribution in [1.29, 1.82) is 0 Å². The van der Waals surface area contributed by atoms with Crippen LogP contribution in [0.25, 0.3) is 0 Å². The van der Waals surface area contributed by atoms with Crippen LogP contribution >= 0.6 is 0 Å². The summed E-state index contributed by atoms with van der Waals surface area (Å²) in [6.45, 7) is 4.63. The first-order valence-corrected chi connectivity index (χ1v) is 12.9. The summed E-state index contributed by atoms with van der Waals surface area (Å²) >= 11 is 0. The lowest BCUT2D eigenvalue weighted by molar-refractivity contribution is -0.146. The number of piperidine rings is 1. The lowest BCUT2D eigenvalue weighted by Gasteiger charge is -2.31. The Morgan fingerprint density at radius 1 is 1.09 bits per heavy atom. The number of amides is 1. The highest BCUT2D eigenvalue weighted by Crippen LogP contribution is 2.49. The Balaban J connectivity index is 1.40. The highest BCUT2D eigenvalue weighted by Gasteiger charge is 2.52. The van der Waals surface area contributed by atoms with Crippen molar-refractivity contribution in [3.63, 3.8) is 0 Å². The number of carbonyl (C=O) groups excluding carboxylic acids is 2. The lowest BCUT2D eigenvalue weighted by Crippen LogP contribution is -2.43. The summed E-state index contributed by atoms with van der Waals surface area (Å²) in [5, 5.41) is 2.91. The smallest absolute Gasteiger partial charge is 0.316 e.